The summed E-state index contributed by atoms with van der Waals surface area (Å²) in [6, 6.07) is 12.0. The number of alkyl halides is 2. The van der Waals surface area contributed by atoms with Crippen LogP contribution in [0.2, 0.25) is 0 Å². The predicted molar refractivity (Wildman–Crippen MR) is 105 cm³/mol. The van der Waals surface area contributed by atoms with Crippen molar-refractivity contribution in [1.29, 1.82) is 0 Å². The first-order valence-corrected chi connectivity index (χ1v) is 9.56. The van der Waals surface area contributed by atoms with E-state index in [9.17, 15) is 23.2 Å². The van der Waals surface area contributed by atoms with Crippen LogP contribution in [-0.4, -0.2) is 37.6 Å². The highest BCUT2D eigenvalue weighted by molar-refractivity contribution is 9.10. The van der Waals surface area contributed by atoms with E-state index in [1.54, 1.807) is 12.1 Å². The molecule has 7 nitrogen and oxygen atoms in total. The van der Waals surface area contributed by atoms with Crippen LogP contribution in [-0.2, 0) is 14.3 Å². The summed E-state index contributed by atoms with van der Waals surface area (Å²) in [6.07, 6.45) is 0.430. The number of halogens is 3. The van der Waals surface area contributed by atoms with Gasteiger partial charge in [0.1, 0.15) is 11.5 Å². The molecular weight excluding hydrogens is 468 g/mol. The van der Waals surface area contributed by atoms with Crippen LogP contribution in [0.25, 0.3) is 0 Å². The summed E-state index contributed by atoms with van der Waals surface area (Å²) in [7, 11) is 0. The van der Waals surface area contributed by atoms with Gasteiger partial charge in [0.25, 0.3) is 11.8 Å². The van der Waals surface area contributed by atoms with E-state index in [-0.39, 0.29) is 17.7 Å². The fraction of sp³-hybridized carbons (Fsp3) is 0.250. The third-order valence-electron chi connectivity index (χ3n) is 3.55. The minimum Gasteiger partial charge on any atom is -0.494 e. The summed E-state index contributed by atoms with van der Waals surface area (Å²) in [5.41, 5.74) is 0.0565. The Labute approximate surface area is 179 Å². The number of esters is 1. The van der Waals surface area contributed by atoms with Gasteiger partial charge in [-0.25, -0.2) is 0 Å². The second-order valence-electron chi connectivity index (χ2n) is 5.85. The first kappa shape index (κ1) is 23.3. The number of hydrogen-bond donors (Lipinski definition) is 1. The Morgan fingerprint density at radius 2 is 1.77 bits per heavy atom. The van der Waals surface area contributed by atoms with Crippen LogP contribution in [0.1, 0.15) is 23.2 Å². The quantitative estimate of drug-likeness (QED) is 0.407. The van der Waals surface area contributed by atoms with Gasteiger partial charge in [-0.3, -0.25) is 19.7 Å². The Morgan fingerprint density at radius 1 is 1.03 bits per heavy atom. The monoisotopic (exact) mass is 485 g/mol. The van der Waals surface area contributed by atoms with Gasteiger partial charge < -0.3 is 14.2 Å². The lowest BCUT2D eigenvalue weighted by Crippen LogP contribution is -2.34. The van der Waals surface area contributed by atoms with Crippen molar-refractivity contribution in [3.63, 3.8) is 0 Å². The zero-order valence-electron chi connectivity index (χ0n) is 15.6. The van der Waals surface area contributed by atoms with Crippen molar-refractivity contribution < 1.29 is 37.4 Å². The lowest BCUT2D eigenvalue weighted by molar-refractivity contribution is -0.148. The van der Waals surface area contributed by atoms with Gasteiger partial charge in [0.15, 0.2) is 6.61 Å². The number of nitrogens with one attached hydrogen (secondary N) is 1. The number of carbonyl (C=O) groups excluding carboxylic acids is 3. The molecule has 0 radical (unpaired) electrons. The van der Waals surface area contributed by atoms with Crippen molar-refractivity contribution in [3.8, 4) is 11.5 Å². The van der Waals surface area contributed by atoms with Crippen LogP contribution in [0.15, 0.2) is 53.0 Å². The molecule has 0 unspecified atom stereocenters. The van der Waals surface area contributed by atoms with Gasteiger partial charge in [-0.15, -0.1) is 0 Å². The van der Waals surface area contributed by atoms with Crippen LogP contribution in [0.3, 0.4) is 0 Å². The molecule has 10 heteroatoms. The third-order valence-corrected chi connectivity index (χ3v) is 4.04. The zero-order chi connectivity index (χ0) is 21.9. The van der Waals surface area contributed by atoms with Gasteiger partial charge in [-0.2, -0.15) is 8.78 Å². The summed E-state index contributed by atoms with van der Waals surface area (Å²) in [5.74, 6) is -1.65. The minimum atomic E-state index is -2.98. The lowest BCUT2D eigenvalue weighted by atomic mass is 10.2. The summed E-state index contributed by atoms with van der Waals surface area (Å²) in [4.78, 5) is 35.3. The van der Waals surface area contributed by atoms with E-state index in [2.05, 4.69) is 20.7 Å². The molecule has 0 atom stereocenters. The SMILES string of the molecule is O=C(COC(=O)CCCOc1cccc(Br)c1)NC(=O)c1ccc(OC(F)F)cc1. The molecule has 0 spiro atoms. The molecule has 1 N–H and O–H groups in total. The highest BCUT2D eigenvalue weighted by Crippen LogP contribution is 2.18. The Balaban J connectivity index is 1.64. The summed E-state index contributed by atoms with van der Waals surface area (Å²) < 4.78 is 39.5. The Hall–Kier alpha value is -3.01. The average Bonchev–Trinajstić information content (AvgIpc) is 2.70. The van der Waals surface area contributed by atoms with Crippen molar-refractivity contribution in [1.82, 2.24) is 5.32 Å². The van der Waals surface area contributed by atoms with E-state index in [4.69, 9.17) is 9.47 Å². The minimum absolute atomic E-state index is 0.0425. The van der Waals surface area contributed by atoms with E-state index in [1.165, 1.54) is 24.3 Å². The van der Waals surface area contributed by atoms with E-state index in [0.717, 1.165) is 4.47 Å². The molecule has 0 aromatic heterocycles. The average molecular weight is 486 g/mol. The lowest BCUT2D eigenvalue weighted by Gasteiger charge is -2.08. The maximum Gasteiger partial charge on any atom is 0.387 e. The van der Waals surface area contributed by atoms with Crippen LogP contribution < -0.4 is 14.8 Å². The normalized spacial score (nSPS) is 10.4. The molecule has 0 aliphatic rings. The molecule has 0 heterocycles. The highest BCUT2D eigenvalue weighted by Gasteiger charge is 2.13. The molecule has 2 aromatic rings. The van der Waals surface area contributed by atoms with E-state index in [0.29, 0.717) is 18.8 Å². The van der Waals surface area contributed by atoms with Gasteiger partial charge in [0.2, 0.25) is 0 Å². The summed E-state index contributed by atoms with van der Waals surface area (Å²) in [6.45, 7) is -3.31. The number of benzene rings is 2. The highest BCUT2D eigenvalue weighted by atomic mass is 79.9. The molecule has 2 aromatic carbocycles. The first-order valence-electron chi connectivity index (χ1n) is 8.76. The van der Waals surface area contributed by atoms with Crippen molar-refractivity contribution in [2.24, 2.45) is 0 Å². The standard InChI is InChI=1S/C20H18BrF2NO6/c21-14-3-1-4-16(11-14)28-10-2-5-18(26)29-12-17(25)24-19(27)13-6-8-15(9-7-13)30-20(22)23/h1,3-4,6-9,11,20H,2,5,10,12H2,(H,24,25,27). The molecule has 0 fully saturated rings. The van der Waals surface area contributed by atoms with E-state index in [1.807, 2.05) is 17.4 Å². The van der Waals surface area contributed by atoms with Gasteiger partial charge in [0.05, 0.1) is 6.61 Å². The van der Waals surface area contributed by atoms with Gasteiger partial charge in [0, 0.05) is 16.5 Å². The first-order chi connectivity index (χ1) is 14.3. The number of hydrogen-bond acceptors (Lipinski definition) is 6. The smallest absolute Gasteiger partial charge is 0.387 e. The summed E-state index contributed by atoms with van der Waals surface area (Å²) in [5, 5.41) is 2.03. The zero-order valence-corrected chi connectivity index (χ0v) is 17.2. The molecule has 30 heavy (non-hydrogen) atoms. The topological polar surface area (TPSA) is 90.9 Å². The second kappa shape index (κ2) is 11.9. The molecule has 2 rings (SSSR count). The predicted octanol–water partition coefficient (Wildman–Crippen LogP) is 3.71. The molecule has 2 amide bonds. The molecular formula is C20H18BrF2NO6. The van der Waals surface area contributed by atoms with Crippen molar-refractivity contribution in [2.75, 3.05) is 13.2 Å². The molecule has 0 bridgehead atoms. The van der Waals surface area contributed by atoms with Crippen LogP contribution in [0.5, 0.6) is 11.5 Å². The van der Waals surface area contributed by atoms with Crippen molar-refractivity contribution in [2.45, 2.75) is 19.5 Å². The number of amides is 2. The molecule has 0 aliphatic carbocycles. The molecule has 0 saturated heterocycles. The molecule has 0 aliphatic heterocycles. The fourth-order valence-corrected chi connectivity index (χ4v) is 2.58. The van der Waals surface area contributed by atoms with Crippen molar-refractivity contribution >= 4 is 33.7 Å². The largest absolute Gasteiger partial charge is 0.494 e. The number of carbonyl (C=O) groups is 3. The van der Waals surface area contributed by atoms with E-state index < -0.39 is 31.0 Å². The van der Waals surface area contributed by atoms with Gasteiger partial charge >= 0.3 is 12.6 Å². The maximum absolute atomic E-state index is 12.1. The second-order valence-corrected chi connectivity index (χ2v) is 6.77. The number of rotatable bonds is 10. The number of ether oxygens (including phenoxy) is 3. The van der Waals surface area contributed by atoms with Crippen LogP contribution >= 0.6 is 15.9 Å². The maximum atomic E-state index is 12.1. The molecule has 0 saturated carbocycles. The van der Waals surface area contributed by atoms with Crippen LogP contribution in [0, 0.1) is 0 Å². The van der Waals surface area contributed by atoms with Gasteiger partial charge in [-0.1, -0.05) is 22.0 Å². The summed E-state index contributed by atoms with van der Waals surface area (Å²) >= 11 is 3.32. The number of imide groups is 1. The Morgan fingerprint density at radius 3 is 2.43 bits per heavy atom. The fourth-order valence-electron chi connectivity index (χ4n) is 2.20. The van der Waals surface area contributed by atoms with Crippen LogP contribution in [0.4, 0.5) is 8.78 Å². The Bertz CT molecular complexity index is 876. The van der Waals surface area contributed by atoms with Gasteiger partial charge in [-0.05, 0) is 48.9 Å². The van der Waals surface area contributed by atoms with E-state index >= 15 is 0 Å². The van der Waals surface area contributed by atoms with Crippen molar-refractivity contribution in [3.05, 3.63) is 58.6 Å². The molecule has 160 valence electrons. The third kappa shape index (κ3) is 8.56. The Kier molecular flexibility index (Phi) is 9.20.